The predicted molar refractivity (Wildman–Crippen MR) is 89.5 cm³/mol. The molecular weight excluding hydrogens is 306 g/mol. The van der Waals surface area contributed by atoms with Gasteiger partial charge in [-0.25, -0.2) is 0 Å². The first-order chi connectivity index (χ1) is 11.6. The molecule has 3 aliphatic rings. The van der Waals surface area contributed by atoms with Crippen LogP contribution < -0.4 is 14.8 Å². The molecule has 1 aromatic carbocycles. The number of allylic oxidation sites excluding steroid dienone is 2. The second kappa shape index (κ2) is 5.38. The predicted octanol–water partition coefficient (Wildman–Crippen LogP) is 1.90. The van der Waals surface area contributed by atoms with E-state index in [1.54, 1.807) is 27.4 Å². The topological polar surface area (TPSA) is 56.8 Å². The summed E-state index contributed by atoms with van der Waals surface area (Å²) in [6.07, 6.45) is 5.59. The fourth-order valence-corrected chi connectivity index (χ4v) is 4.29. The molecule has 1 spiro atoms. The molecule has 0 saturated carbocycles. The molecule has 2 aliphatic carbocycles. The lowest BCUT2D eigenvalue weighted by atomic mass is 9.60. The Morgan fingerprint density at radius 1 is 1.12 bits per heavy atom. The SMILES string of the molecule is COC1=C[C@@]23C[C@@H](Cc4cc(OC)c(OC)cc42)NCC3=CC1=O. The first-order valence-corrected chi connectivity index (χ1v) is 8.12. The van der Waals surface area contributed by atoms with E-state index in [4.69, 9.17) is 14.2 Å². The minimum atomic E-state index is -0.303. The van der Waals surface area contributed by atoms with E-state index in [1.807, 2.05) is 6.08 Å². The number of benzene rings is 1. The van der Waals surface area contributed by atoms with Crippen molar-refractivity contribution in [2.24, 2.45) is 0 Å². The van der Waals surface area contributed by atoms with E-state index in [-0.39, 0.29) is 11.2 Å². The van der Waals surface area contributed by atoms with Gasteiger partial charge in [0, 0.05) is 18.0 Å². The van der Waals surface area contributed by atoms with E-state index in [9.17, 15) is 4.79 Å². The van der Waals surface area contributed by atoms with Gasteiger partial charge in [0.2, 0.25) is 5.78 Å². The number of ether oxygens (including phenoxy) is 3. The average Bonchev–Trinajstić information content (AvgIpc) is 2.60. The molecule has 5 heteroatoms. The number of piperidine rings is 1. The summed E-state index contributed by atoms with van der Waals surface area (Å²) >= 11 is 0. The Labute approximate surface area is 141 Å². The summed E-state index contributed by atoms with van der Waals surface area (Å²) in [5.74, 6) is 1.81. The van der Waals surface area contributed by atoms with Crippen LogP contribution >= 0.6 is 0 Å². The first kappa shape index (κ1) is 15.3. The number of methoxy groups -OCH3 is 3. The molecule has 1 aromatic rings. The van der Waals surface area contributed by atoms with Crippen LogP contribution in [0.4, 0.5) is 0 Å². The van der Waals surface area contributed by atoms with Gasteiger partial charge in [0.25, 0.3) is 0 Å². The summed E-state index contributed by atoms with van der Waals surface area (Å²) < 4.78 is 16.3. The van der Waals surface area contributed by atoms with Crippen molar-refractivity contribution < 1.29 is 19.0 Å². The van der Waals surface area contributed by atoms with Crippen molar-refractivity contribution in [3.8, 4) is 11.5 Å². The summed E-state index contributed by atoms with van der Waals surface area (Å²) in [6.45, 7) is 0.720. The third-order valence-electron chi connectivity index (χ3n) is 5.42. The van der Waals surface area contributed by atoms with Gasteiger partial charge in [0.1, 0.15) is 0 Å². The highest BCUT2D eigenvalue weighted by atomic mass is 16.5. The number of nitrogens with one attached hydrogen (secondary N) is 1. The summed E-state index contributed by atoms with van der Waals surface area (Å²) in [5, 5.41) is 3.54. The molecule has 1 heterocycles. The highest BCUT2D eigenvalue weighted by molar-refractivity contribution is 6.05. The molecule has 2 bridgehead atoms. The van der Waals surface area contributed by atoms with Crippen LogP contribution in [0.5, 0.6) is 11.5 Å². The minimum Gasteiger partial charge on any atom is -0.493 e. The highest BCUT2D eigenvalue weighted by Crippen LogP contribution is 2.50. The van der Waals surface area contributed by atoms with Gasteiger partial charge in [-0.05, 0) is 53.8 Å². The second-order valence-corrected chi connectivity index (χ2v) is 6.57. The summed E-state index contributed by atoms with van der Waals surface area (Å²) in [5.41, 5.74) is 3.20. The van der Waals surface area contributed by atoms with Crippen LogP contribution in [0.25, 0.3) is 0 Å². The largest absolute Gasteiger partial charge is 0.493 e. The summed E-state index contributed by atoms with van der Waals surface area (Å²) in [7, 11) is 4.85. The maximum Gasteiger partial charge on any atom is 0.220 e. The second-order valence-electron chi connectivity index (χ2n) is 6.57. The van der Waals surface area contributed by atoms with Gasteiger partial charge in [-0.2, -0.15) is 0 Å². The molecule has 0 amide bonds. The van der Waals surface area contributed by atoms with Crippen LogP contribution in [0, 0.1) is 0 Å². The Morgan fingerprint density at radius 3 is 2.58 bits per heavy atom. The molecule has 2 atom stereocenters. The number of hydrogen-bond acceptors (Lipinski definition) is 5. The monoisotopic (exact) mass is 327 g/mol. The van der Waals surface area contributed by atoms with Gasteiger partial charge in [0.05, 0.1) is 21.3 Å². The number of fused-ring (bicyclic) bond motifs is 2. The quantitative estimate of drug-likeness (QED) is 0.919. The fourth-order valence-electron chi connectivity index (χ4n) is 4.29. The van der Waals surface area contributed by atoms with Crippen LogP contribution in [0.3, 0.4) is 0 Å². The number of ketones is 1. The number of rotatable bonds is 3. The minimum absolute atomic E-state index is 0.0639. The van der Waals surface area contributed by atoms with Crippen LogP contribution in [-0.2, 0) is 21.4 Å². The zero-order valence-corrected chi connectivity index (χ0v) is 14.1. The van der Waals surface area contributed by atoms with E-state index in [1.165, 1.54) is 11.1 Å². The van der Waals surface area contributed by atoms with Crippen molar-refractivity contribution in [2.75, 3.05) is 27.9 Å². The molecular formula is C19H21NO4. The third kappa shape index (κ3) is 2.01. The van der Waals surface area contributed by atoms with E-state index < -0.39 is 0 Å². The van der Waals surface area contributed by atoms with Gasteiger partial charge in [-0.3, -0.25) is 4.79 Å². The first-order valence-electron chi connectivity index (χ1n) is 8.12. The van der Waals surface area contributed by atoms with Gasteiger partial charge >= 0.3 is 0 Å². The van der Waals surface area contributed by atoms with Crippen molar-refractivity contribution in [2.45, 2.75) is 24.3 Å². The molecule has 5 nitrogen and oxygen atoms in total. The number of carbonyl (C=O) groups excluding carboxylic acids is 1. The van der Waals surface area contributed by atoms with Crippen LogP contribution in [0.15, 0.2) is 35.6 Å². The van der Waals surface area contributed by atoms with Crippen LogP contribution in [0.2, 0.25) is 0 Å². The molecule has 4 rings (SSSR count). The van der Waals surface area contributed by atoms with E-state index in [0.29, 0.717) is 17.6 Å². The zero-order chi connectivity index (χ0) is 16.9. The normalized spacial score (nSPS) is 27.5. The molecule has 1 aliphatic heterocycles. The highest BCUT2D eigenvalue weighted by Gasteiger charge is 2.48. The molecule has 0 radical (unpaired) electrons. The number of carbonyl (C=O) groups is 1. The molecule has 126 valence electrons. The molecule has 0 aromatic heterocycles. The Balaban J connectivity index is 1.96. The molecule has 1 fully saturated rings. The van der Waals surface area contributed by atoms with Crippen LogP contribution in [-0.4, -0.2) is 39.7 Å². The van der Waals surface area contributed by atoms with Crippen molar-refractivity contribution in [1.29, 1.82) is 0 Å². The van der Waals surface area contributed by atoms with Crippen molar-refractivity contribution in [3.05, 3.63) is 46.7 Å². The van der Waals surface area contributed by atoms with E-state index in [0.717, 1.165) is 30.7 Å². The number of hydrogen-bond donors (Lipinski definition) is 1. The lowest BCUT2D eigenvalue weighted by Crippen LogP contribution is -2.53. The zero-order valence-electron chi connectivity index (χ0n) is 14.1. The lowest BCUT2D eigenvalue weighted by Gasteiger charge is -2.48. The smallest absolute Gasteiger partial charge is 0.220 e. The Morgan fingerprint density at radius 2 is 1.88 bits per heavy atom. The molecule has 1 saturated heterocycles. The van der Waals surface area contributed by atoms with E-state index in [2.05, 4.69) is 17.4 Å². The third-order valence-corrected chi connectivity index (χ3v) is 5.42. The van der Waals surface area contributed by atoms with Gasteiger partial charge in [0.15, 0.2) is 17.3 Å². The van der Waals surface area contributed by atoms with Crippen molar-refractivity contribution in [3.63, 3.8) is 0 Å². The Kier molecular flexibility index (Phi) is 3.42. The Bertz CT molecular complexity index is 780. The summed E-state index contributed by atoms with van der Waals surface area (Å²) in [4.78, 5) is 12.2. The Hall–Kier alpha value is -2.27. The average molecular weight is 327 g/mol. The maximum absolute atomic E-state index is 12.2. The van der Waals surface area contributed by atoms with Crippen molar-refractivity contribution in [1.82, 2.24) is 5.32 Å². The van der Waals surface area contributed by atoms with Gasteiger partial charge < -0.3 is 19.5 Å². The molecule has 1 N–H and O–H groups in total. The molecule has 24 heavy (non-hydrogen) atoms. The fraction of sp³-hybridized carbons (Fsp3) is 0.421. The lowest BCUT2D eigenvalue weighted by molar-refractivity contribution is -0.114. The maximum atomic E-state index is 12.2. The standard InChI is InChI=1S/C19H21NO4/c1-22-16-5-11-4-13-8-19(14(11)7-17(16)23-2)9-18(24-3)15(21)6-12(19)10-20-13/h5-7,9,13,20H,4,8,10H2,1-3H3/t13-,19-/m1/s1. The molecule has 0 unspecified atom stereocenters. The van der Waals surface area contributed by atoms with Crippen LogP contribution in [0.1, 0.15) is 17.5 Å². The van der Waals surface area contributed by atoms with Gasteiger partial charge in [-0.1, -0.05) is 0 Å². The summed E-state index contributed by atoms with van der Waals surface area (Å²) in [6, 6.07) is 4.49. The van der Waals surface area contributed by atoms with E-state index >= 15 is 0 Å². The van der Waals surface area contributed by atoms with Gasteiger partial charge in [-0.15, -0.1) is 0 Å². The van der Waals surface area contributed by atoms with Crippen molar-refractivity contribution >= 4 is 5.78 Å².